The van der Waals surface area contributed by atoms with Crippen LogP contribution in [0.2, 0.25) is 0 Å². The van der Waals surface area contributed by atoms with Gasteiger partial charge in [0, 0.05) is 23.3 Å². The summed E-state index contributed by atoms with van der Waals surface area (Å²) in [5, 5.41) is 0.0465. The van der Waals surface area contributed by atoms with Crippen LogP contribution in [0.4, 0.5) is 0 Å². The number of likely N-dealkylation sites (tertiary alicyclic amines) is 1. The van der Waals surface area contributed by atoms with Gasteiger partial charge in [-0.2, -0.15) is 0 Å². The molecule has 19 heavy (non-hydrogen) atoms. The molecule has 0 aromatic heterocycles. The molecule has 0 saturated carbocycles. The van der Waals surface area contributed by atoms with Gasteiger partial charge in [0.1, 0.15) is 0 Å². The number of hydrogen-bond acceptors (Lipinski definition) is 2. The lowest BCUT2D eigenvalue weighted by atomic mass is 10.1. The summed E-state index contributed by atoms with van der Waals surface area (Å²) in [6.07, 6.45) is 3.59. The smallest absolute Gasteiger partial charge is 0.235 e. The van der Waals surface area contributed by atoms with E-state index >= 15 is 0 Å². The average molecular weight is 342 g/mol. The zero-order valence-electron chi connectivity index (χ0n) is 11.3. The van der Waals surface area contributed by atoms with E-state index in [9.17, 15) is 4.79 Å². The molecular weight excluding hydrogens is 322 g/mol. The first-order valence-electron chi connectivity index (χ1n) is 6.82. The van der Waals surface area contributed by atoms with Gasteiger partial charge in [-0.05, 0) is 37.8 Å². The molecule has 1 aliphatic heterocycles. The van der Waals surface area contributed by atoms with E-state index in [1.165, 1.54) is 12.0 Å². The molecular formula is C15H20BrNOS. The van der Waals surface area contributed by atoms with Crippen LogP contribution < -0.4 is 0 Å². The van der Waals surface area contributed by atoms with Crippen LogP contribution in [0.1, 0.15) is 31.7 Å². The maximum atomic E-state index is 12.3. The minimum Gasteiger partial charge on any atom is -0.342 e. The molecule has 1 aliphatic rings. The van der Waals surface area contributed by atoms with E-state index in [1.54, 1.807) is 11.8 Å². The van der Waals surface area contributed by atoms with Crippen LogP contribution in [0, 0.1) is 0 Å². The number of halogens is 1. The Bertz CT molecular complexity index is 432. The lowest BCUT2D eigenvalue weighted by Crippen LogP contribution is -2.40. The summed E-state index contributed by atoms with van der Waals surface area (Å²) >= 11 is 5.28. The molecule has 104 valence electrons. The number of thioether (sulfide) groups is 1. The van der Waals surface area contributed by atoms with E-state index in [-0.39, 0.29) is 5.25 Å². The second-order valence-electron chi connectivity index (χ2n) is 4.93. The van der Waals surface area contributed by atoms with Crippen molar-refractivity contribution in [2.45, 2.75) is 37.2 Å². The van der Waals surface area contributed by atoms with Crippen LogP contribution in [0.25, 0.3) is 0 Å². The number of benzene rings is 1. The molecule has 1 amide bonds. The van der Waals surface area contributed by atoms with Crippen molar-refractivity contribution in [2.75, 3.05) is 13.1 Å². The highest BCUT2D eigenvalue weighted by Gasteiger charge is 2.22. The molecule has 2 nitrogen and oxygen atoms in total. The van der Waals surface area contributed by atoms with E-state index in [2.05, 4.69) is 22.0 Å². The van der Waals surface area contributed by atoms with Gasteiger partial charge in [-0.1, -0.05) is 34.1 Å². The van der Waals surface area contributed by atoms with Crippen LogP contribution >= 0.6 is 27.7 Å². The molecule has 0 aliphatic carbocycles. The Morgan fingerprint density at radius 2 is 2.00 bits per heavy atom. The van der Waals surface area contributed by atoms with Crippen LogP contribution in [0.15, 0.2) is 28.7 Å². The molecule has 1 fully saturated rings. The third-order valence-electron chi connectivity index (χ3n) is 3.46. The zero-order valence-corrected chi connectivity index (χ0v) is 13.7. The molecule has 1 unspecified atom stereocenters. The second-order valence-corrected chi connectivity index (χ2v) is 7.11. The van der Waals surface area contributed by atoms with Gasteiger partial charge in [-0.15, -0.1) is 11.8 Å². The molecule has 0 N–H and O–H groups in total. The lowest BCUT2D eigenvalue weighted by molar-refractivity contribution is -0.131. The summed E-state index contributed by atoms with van der Waals surface area (Å²) in [4.78, 5) is 14.3. The Labute approximate surface area is 128 Å². The Hall–Kier alpha value is -0.480. The quantitative estimate of drug-likeness (QED) is 0.822. The molecule has 1 aromatic rings. The highest BCUT2D eigenvalue weighted by atomic mass is 79.9. The number of nitrogens with zero attached hydrogens (tertiary/aromatic N) is 1. The highest BCUT2D eigenvalue weighted by Crippen LogP contribution is 2.25. The first-order valence-corrected chi connectivity index (χ1v) is 8.66. The van der Waals surface area contributed by atoms with Gasteiger partial charge in [0.25, 0.3) is 0 Å². The first kappa shape index (κ1) is 14.9. The third kappa shape index (κ3) is 4.25. The van der Waals surface area contributed by atoms with Crippen molar-refractivity contribution in [2.24, 2.45) is 0 Å². The van der Waals surface area contributed by atoms with Crippen LogP contribution in [-0.4, -0.2) is 29.1 Å². The Balaban J connectivity index is 1.85. The highest BCUT2D eigenvalue weighted by molar-refractivity contribution is 9.10. The number of carbonyl (C=O) groups is 1. The number of hydrogen-bond donors (Lipinski definition) is 0. The van der Waals surface area contributed by atoms with Crippen LogP contribution in [0.5, 0.6) is 0 Å². The second kappa shape index (κ2) is 7.34. The predicted octanol–water partition coefficient (Wildman–Crippen LogP) is 4.08. The fourth-order valence-corrected chi connectivity index (χ4v) is 3.86. The van der Waals surface area contributed by atoms with Crippen molar-refractivity contribution in [3.8, 4) is 0 Å². The molecule has 0 spiro atoms. The first-order chi connectivity index (χ1) is 9.18. The molecule has 0 radical (unpaired) electrons. The summed E-state index contributed by atoms with van der Waals surface area (Å²) in [5.74, 6) is 1.18. The molecule has 2 rings (SSSR count). The zero-order chi connectivity index (χ0) is 13.7. The van der Waals surface area contributed by atoms with Crippen molar-refractivity contribution in [1.29, 1.82) is 0 Å². The Kier molecular flexibility index (Phi) is 5.76. The van der Waals surface area contributed by atoms with Gasteiger partial charge >= 0.3 is 0 Å². The van der Waals surface area contributed by atoms with Gasteiger partial charge in [-0.3, -0.25) is 4.79 Å². The number of rotatable bonds is 4. The minimum atomic E-state index is 0.0465. The fourth-order valence-electron chi connectivity index (χ4n) is 2.27. The monoisotopic (exact) mass is 341 g/mol. The largest absolute Gasteiger partial charge is 0.342 e. The van der Waals surface area contributed by atoms with E-state index in [1.807, 2.05) is 30.0 Å². The number of carbonyl (C=O) groups excluding carboxylic acids is 1. The molecule has 1 aromatic carbocycles. The molecule has 0 bridgehead atoms. The van der Waals surface area contributed by atoms with Crippen LogP contribution in [0.3, 0.4) is 0 Å². The summed E-state index contributed by atoms with van der Waals surface area (Å²) < 4.78 is 1.13. The summed E-state index contributed by atoms with van der Waals surface area (Å²) in [6.45, 7) is 3.91. The van der Waals surface area contributed by atoms with Crippen molar-refractivity contribution in [3.63, 3.8) is 0 Å². The summed E-state index contributed by atoms with van der Waals surface area (Å²) in [7, 11) is 0. The van der Waals surface area contributed by atoms with Crippen molar-refractivity contribution < 1.29 is 4.79 Å². The number of amides is 1. The summed E-state index contributed by atoms with van der Waals surface area (Å²) in [5.41, 5.74) is 1.26. The minimum absolute atomic E-state index is 0.0465. The summed E-state index contributed by atoms with van der Waals surface area (Å²) in [6, 6.07) is 8.21. The topological polar surface area (TPSA) is 20.3 Å². The third-order valence-corrected chi connectivity index (χ3v) is 5.42. The maximum Gasteiger partial charge on any atom is 0.235 e. The predicted molar refractivity (Wildman–Crippen MR) is 85.3 cm³/mol. The van der Waals surface area contributed by atoms with E-state index < -0.39 is 0 Å². The molecule has 1 heterocycles. The van der Waals surface area contributed by atoms with Gasteiger partial charge < -0.3 is 4.90 Å². The van der Waals surface area contributed by atoms with Crippen molar-refractivity contribution in [3.05, 3.63) is 34.3 Å². The van der Waals surface area contributed by atoms with Crippen LogP contribution in [-0.2, 0) is 10.5 Å². The average Bonchev–Trinajstić information content (AvgIpc) is 2.46. The van der Waals surface area contributed by atoms with E-state index in [0.29, 0.717) is 5.91 Å². The lowest BCUT2D eigenvalue weighted by Gasteiger charge is -2.29. The molecule has 1 atom stereocenters. The van der Waals surface area contributed by atoms with Crippen molar-refractivity contribution in [1.82, 2.24) is 4.90 Å². The molecule has 4 heteroatoms. The van der Waals surface area contributed by atoms with Gasteiger partial charge in [0.15, 0.2) is 0 Å². The SMILES string of the molecule is CC(SCc1ccccc1Br)C(=O)N1CCCCC1. The Morgan fingerprint density at radius 1 is 1.32 bits per heavy atom. The van der Waals surface area contributed by atoms with Gasteiger partial charge in [-0.25, -0.2) is 0 Å². The normalized spacial score (nSPS) is 17.3. The van der Waals surface area contributed by atoms with Gasteiger partial charge in [0.05, 0.1) is 5.25 Å². The maximum absolute atomic E-state index is 12.3. The fraction of sp³-hybridized carbons (Fsp3) is 0.533. The van der Waals surface area contributed by atoms with Gasteiger partial charge in [0.2, 0.25) is 5.91 Å². The van der Waals surface area contributed by atoms with E-state index in [4.69, 9.17) is 0 Å². The Morgan fingerprint density at radius 3 is 2.68 bits per heavy atom. The van der Waals surface area contributed by atoms with E-state index in [0.717, 1.165) is 36.2 Å². The standard InChI is InChI=1S/C15H20BrNOS/c1-12(15(18)17-9-5-2-6-10-17)19-11-13-7-3-4-8-14(13)16/h3-4,7-8,12H,2,5-6,9-11H2,1H3. The molecule has 1 saturated heterocycles. The van der Waals surface area contributed by atoms with Crippen molar-refractivity contribution >= 4 is 33.6 Å². The number of piperidine rings is 1.